The average molecular weight is 318 g/mol. The molecule has 0 spiro atoms. The number of aryl methyl sites for hydroxylation is 1. The van der Waals surface area contributed by atoms with Crippen molar-refractivity contribution in [1.82, 2.24) is 9.71 Å². The molecule has 0 aliphatic carbocycles. The van der Waals surface area contributed by atoms with Gasteiger partial charge in [-0.15, -0.1) is 0 Å². The Kier molecular flexibility index (Phi) is 5.99. The highest BCUT2D eigenvalue weighted by Crippen LogP contribution is 2.26. The first-order chi connectivity index (χ1) is 9.48. The fourth-order valence-corrected chi connectivity index (χ4v) is 2.17. The Hall–Kier alpha value is -0.880. The van der Waals surface area contributed by atoms with Gasteiger partial charge >= 0.3 is 0 Å². The molecule has 3 nitrogen and oxygen atoms in total. The van der Waals surface area contributed by atoms with Gasteiger partial charge in [-0.3, -0.25) is 4.72 Å². The van der Waals surface area contributed by atoms with Crippen LogP contribution in [0.2, 0.25) is 0 Å². The first-order valence-electron chi connectivity index (χ1n) is 6.89. The number of nitrogens with zero attached hydrogens (tertiary/aromatic N) is 1. The third kappa shape index (κ3) is 7.09. The van der Waals surface area contributed by atoms with Gasteiger partial charge in [-0.25, -0.2) is 13.8 Å². The van der Waals surface area contributed by atoms with E-state index < -0.39 is 12.5 Å². The highest BCUT2D eigenvalue weighted by atomic mass is 32.2. The molecule has 1 atom stereocenters. The molecule has 0 aliphatic heterocycles. The molecule has 0 aliphatic rings. The van der Waals surface area contributed by atoms with E-state index in [1.807, 2.05) is 19.9 Å². The molecule has 1 heterocycles. The fraction of sp³-hybridized carbons (Fsp3) is 0.667. The van der Waals surface area contributed by atoms with Gasteiger partial charge < -0.3 is 4.74 Å². The van der Waals surface area contributed by atoms with Crippen LogP contribution in [0.25, 0.3) is 0 Å². The summed E-state index contributed by atoms with van der Waals surface area (Å²) in [6.07, 6.45) is 1.66. The van der Waals surface area contributed by atoms with Crippen molar-refractivity contribution in [3.63, 3.8) is 0 Å². The number of pyridine rings is 1. The Morgan fingerprint density at radius 3 is 2.43 bits per heavy atom. The molecule has 120 valence electrons. The Balaban J connectivity index is 2.69. The zero-order valence-electron chi connectivity index (χ0n) is 13.5. The second-order valence-corrected chi connectivity index (χ2v) is 7.97. The molecular formula is C15H24F2N2OS. The molecule has 1 N–H and O–H groups in total. The van der Waals surface area contributed by atoms with Gasteiger partial charge in [-0.2, -0.15) is 0 Å². The fourth-order valence-electron chi connectivity index (χ4n) is 1.50. The maximum Gasteiger partial charge on any atom is 0.278 e. The predicted octanol–water partition coefficient (Wildman–Crippen LogP) is 4.52. The van der Waals surface area contributed by atoms with Gasteiger partial charge in [-0.05, 0) is 46.2 Å². The minimum Gasteiger partial charge on any atom is -0.471 e. The van der Waals surface area contributed by atoms with Crippen LogP contribution in [0, 0.1) is 6.92 Å². The van der Waals surface area contributed by atoms with Crippen molar-refractivity contribution in [2.75, 3.05) is 6.61 Å². The van der Waals surface area contributed by atoms with Crippen LogP contribution in [0.4, 0.5) is 8.78 Å². The topological polar surface area (TPSA) is 34.2 Å². The summed E-state index contributed by atoms with van der Waals surface area (Å²) < 4.78 is 34.1. The van der Waals surface area contributed by atoms with E-state index in [0.717, 1.165) is 18.1 Å². The number of hydrogen-bond acceptors (Lipinski definition) is 4. The number of alkyl halides is 2. The molecular weight excluding hydrogens is 294 g/mol. The first kappa shape index (κ1) is 18.2. The first-order valence-corrected chi connectivity index (χ1v) is 7.70. The number of aromatic nitrogens is 1. The smallest absolute Gasteiger partial charge is 0.278 e. The van der Waals surface area contributed by atoms with Crippen LogP contribution < -0.4 is 9.46 Å². The SMILES string of the molecule is Cc1cc(C(C)NSC(C)(C)C)cnc1OCC(C)(F)F. The van der Waals surface area contributed by atoms with E-state index in [9.17, 15) is 8.78 Å². The number of ether oxygens (including phenoxy) is 1. The summed E-state index contributed by atoms with van der Waals surface area (Å²) in [7, 11) is 0. The maximum atomic E-state index is 12.8. The minimum atomic E-state index is -2.86. The molecule has 6 heteroatoms. The standard InChI is InChI=1S/C15H24F2N2OS/c1-10-7-12(11(2)19-21-14(3,4)5)8-18-13(10)20-9-15(6,16)17/h7-8,11,19H,9H2,1-6H3. The van der Waals surface area contributed by atoms with Crippen molar-refractivity contribution in [1.29, 1.82) is 0 Å². The van der Waals surface area contributed by atoms with Crippen molar-refractivity contribution in [2.24, 2.45) is 0 Å². The summed E-state index contributed by atoms with van der Waals surface area (Å²) in [5.41, 5.74) is 1.76. The third-order valence-corrected chi connectivity index (χ3v) is 3.64. The normalized spacial score (nSPS) is 14.1. The molecule has 0 bridgehead atoms. The van der Waals surface area contributed by atoms with E-state index >= 15 is 0 Å². The summed E-state index contributed by atoms with van der Waals surface area (Å²) in [4.78, 5) is 4.14. The quantitative estimate of drug-likeness (QED) is 0.782. The lowest BCUT2D eigenvalue weighted by atomic mass is 10.1. The van der Waals surface area contributed by atoms with Gasteiger partial charge in [-0.1, -0.05) is 11.9 Å². The summed E-state index contributed by atoms with van der Waals surface area (Å²) in [6, 6.07) is 2.03. The highest BCUT2D eigenvalue weighted by Gasteiger charge is 2.23. The third-order valence-electron chi connectivity index (χ3n) is 2.56. The van der Waals surface area contributed by atoms with E-state index in [1.165, 1.54) is 0 Å². The highest BCUT2D eigenvalue weighted by molar-refractivity contribution is 7.98. The molecule has 21 heavy (non-hydrogen) atoms. The van der Waals surface area contributed by atoms with Crippen molar-refractivity contribution < 1.29 is 13.5 Å². The lowest BCUT2D eigenvalue weighted by Crippen LogP contribution is -2.22. The second kappa shape index (κ2) is 6.92. The van der Waals surface area contributed by atoms with Gasteiger partial charge in [0.15, 0.2) is 6.61 Å². The van der Waals surface area contributed by atoms with E-state index in [2.05, 4.69) is 30.5 Å². The van der Waals surface area contributed by atoms with Crippen LogP contribution in [-0.2, 0) is 0 Å². The predicted molar refractivity (Wildman–Crippen MR) is 84.0 cm³/mol. The van der Waals surface area contributed by atoms with Crippen molar-refractivity contribution in [2.45, 2.75) is 58.3 Å². The zero-order valence-corrected chi connectivity index (χ0v) is 14.3. The molecule has 1 aromatic heterocycles. The Bertz CT molecular complexity index is 470. The van der Waals surface area contributed by atoms with E-state index in [0.29, 0.717) is 0 Å². The van der Waals surface area contributed by atoms with Crippen molar-refractivity contribution >= 4 is 11.9 Å². The summed E-state index contributed by atoms with van der Waals surface area (Å²) >= 11 is 1.65. The monoisotopic (exact) mass is 318 g/mol. The van der Waals surface area contributed by atoms with Crippen LogP contribution in [0.15, 0.2) is 12.3 Å². The second-order valence-electron chi connectivity index (χ2n) is 6.30. The van der Waals surface area contributed by atoms with Crippen LogP contribution in [-0.4, -0.2) is 22.3 Å². The van der Waals surface area contributed by atoms with Crippen LogP contribution in [0.3, 0.4) is 0 Å². The van der Waals surface area contributed by atoms with E-state index in [-0.39, 0.29) is 16.7 Å². The largest absolute Gasteiger partial charge is 0.471 e. The van der Waals surface area contributed by atoms with Crippen LogP contribution >= 0.6 is 11.9 Å². The van der Waals surface area contributed by atoms with Gasteiger partial charge in [0.05, 0.1) is 0 Å². The number of halogens is 2. The van der Waals surface area contributed by atoms with Crippen molar-refractivity contribution in [3.8, 4) is 5.88 Å². The number of hydrogen-bond donors (Lipinski definition) is 1. The van der Waals surface area contributed by atoms with Gasteiger partial charge in [0.1, 0.15) is 0 Å². The summed E-state index contributed by atoms with van der Waals surface area (Å²) in [5.74, 6) is -2.60. The zero-order chi connectivity index (χ0) is 16.3. The molecule has 0 amide bonds. The number of rotatable bonds is 6. The molecule has 1 aromatic rings. The molecule has 0 saturated carbocycles. The summed E-state index contributed by atoms with van der Waals surface area (Å²) in [5, 5.41) is 0. The lowest BCUT2D eigenvalue weighted by molar-refractivity contribution is -0.0244. The molecule has 0 aromatic carbocycles. The molecule has 0 fully saturated rings. The molecule has 1 unspecified atom stereocenters. The van der Waals surface area contributed by atoms with Gasteiger partial charge in [0, 0.05) is 29.5 Å². The number of nitrogens with one attached hydrogen (secondary N) is 1. The minimum absolute atomic E-state index is 0.113. The van der Waals surface area contributed by atoms with Crippen molar-refractivity contribution in [3.05, 3.63) is 23.4 Å². The van der Waals surface area contributed by atoms with Crippen LogP contribution in [0.5, 0.6) is 5.88 Å². The van der Waals surface area contributed by atoms with Gasteiger partial charge in [0.25, 0.3) is 5.92 Å². The van der Waals surface area contributed by atoms with Gasteiger partial charge in [0.2, 0.25) is 5.88 Å². The Morgan fingerprint density at radius 1 is 1.33 bits per heavy atom. The van der Waals surface area contributed by atoms with E-state index in [4.69, 9.17) is 4.74 Å². The molecule has 1 rings (SSSR count). The summed E-state index contributed by atoms with van der Waals surface area (Å²) in [6.45, 7) is 10.4. The Morgan fingerprint density at radius 2 is 1.95 bits per heavy atom. The van der Waals surface area contributed by atoms with E-state index in [1.54, 1.807) is 18.1 Å². The van der Waals surface area contributed by atoms with Crippen LogP contribution in [0.1, 0.15) is 51.8 Å². The lowest BCUT2D eigenvalue weighted by Gasteiger charge is -2.22. The Labute approximate surface area is 130 Å². The maximum absolute atomic E-state index is 12.8. The average Bonchev–Trinajstić information content (AvgIpc) is 2.32. The molecule has 0 radical (unpaired) electrons. The molecule has 0 saturated heterocycles.